The molecule has 2 heterocycles. The average Bonchev–Trinajstić information content (AvgIpc) is 2.59. The van der Waals surface area contributed by atoms with Crippen LogP contribution >= 0.6 is 0 Å². The van der Waals surface area contributed by atoms with Gasteiger partial charge in [-0.15, -0.1) is 0 Å². The van der Waals surface area contributed by atoms with E-state index in [1.54, 1.807) is 0 Å². The molecule has 2 aliphatic heterocycles. The molecule has 1 aromatic carbocycles. The summed E-state index contributed by atoms with van der Waals surface area (Å²) in [6, 6.07) is 6.06. The lowest BCUT2D eigenvalue weighted by molar-refractivity contribution is 0.112. The molecule has 0 atom stereocenters. The largest absolute Gasteiger partial charge is 0.486 e. The zero-order valence-corrected chi connectivity index (χ0v) is 13.4. The topological polar surface area (TPSA) is 30.9 Å². The van der Waals surface area contributed by atoms with E-state index in [4.69, 9.17) is 14.2 Å². The van der Waals surface area contributed by atoms with Gasteiger partial charge in [0, 0.05) is 6.61 Å². The Kier molecular flexibility index (Phi) is 5.96. The highest BCUT2D eigenvalue weighted by molar-refractivity contribution is 5.43. The van der Waals surface area contributed by atoms with Crippen molar-refractivity contribution in [3.05, 3.63) is 23.8 Å². The van der Waals surface area contributed by atoms with Crippen molar-refractivity contribution in [2.24, 2.45) is 0 Å². The highest BCUT2D eigenvalue weighted by Crippen LogP contribution is 2.30. The molecular formula is C18H27NO3. The quantitative estimate of drug-likeness (QED) is 0.724. The maximum atomic E-state index is 5.79. The van der Waals surface area contributed by atoms with Gasteiger partial charge in [0.25, 0.3) is 0 Å². The molecule has 1 saturated heterocycles. The number of hydrogen-bond donors (Lipinski definition) is 0. The lowest BCUT2D eigenvalue weighted by atomic mass is 10.1. The summed E-state index contributed by atoms with van der Waals surface area (Å²) < 4.78 is 16.9. The van der Waals surface area contributed by atoms with Crippen molar-refractivity contribution < 1.29 is 14.2 Å². The molecule has 4 heteroatoms. The molecule has 0 N–H and O–H groups in total. The molecule has 0 aliphatic carbocycles. The van der Waals surface area contributed by atoms with E-state index in [2.05, 4.69) is 11.0 Å². The van der Waals surface area contributed by atoms with Crippen molar-refractivity contribution in [2.45, 2.75) is 38.7 Å². The van der Waals surface area contributed by atoms with Crippen LogP contribution in [0.5, 0.6) is 11.5 Å². The van der Waals surface area contributed by atoms with E-state index in [1.165, 1.54) is 45.3 Å². The molecular weight excluding hydrogens is 278 g/mol. The van der Waals surface area contributed by atoms with Crippen LogP contribution in [0.2, 0.25) is 0 Å². The van der Waals surface area contributed by atoms with Crippen molar-refractivity contribution in [1.82, 2.24) is 4.90 Å². The molecule has 0 radical (unpaired) electrons. The highest BCUT2D eigenvalue weighted by Gasteiger charge is 2.11. The first-order chi connectivity index (χ1) is 10.9. The number of nitrogens with zero attached hydrogens (tertiary/aromatic N) is 1. The van der Waals surface area contributed by atoms with Crippen LogP contribution in [0, 0.1) is 0 Å². The van der Waals surface area contributed by atoms with Gasteiger partial charge in [0.05, 0.1) is 6.61 Å². The summed E-state index contributed by atoms with van der Waals surface area (Å²) in [5.41, 5.74) is 1.15. The number of benzene rings is 1. The Morgan fingerprint density at radius 2 is 1.77 bits per heavy atom. The van der Waals surface area contributed by atoms with Crippen LogP contribution in [-0.4, -0.2) is 44.4 Å². The Balaban J connectivity index is 1.30. The molecule has 0 spiro atoms. The van der Waals surface area contributed by atoms with E-state index in [0.717, 1.165) is 30.1 Å². The molecule has 0 unspecified atom stereocenters. The highest BCUT2D eigenvalue weighted by atomic mass is 16.6. The number of ether oxygens (including phenoxy) is 3. The third kappa shape index (κ3) is 4.62. The minimum Gasteiger partial charge on any atom is -0.486 e. The second-order valence-electron chi connectivity index (χ2n) is 6.14. The molecule has 22 heavy (non-hydrogen) atoms. The minimum absolute atomic E-state index is 0.633. The molecule has 0 aromatic heterocycles. The number of unbranched alkanes of at least 4 members (excludes halogenated alkanes) is 1. The Bertz CT molecular complexity index is 458. The maximum Gasteiger partial charge on any atom is 0.161 e. The fourth-order valence-electron chi connectivity index (χ4n) is 3.09. The number of piperidine rings is 1. The van der Waals surface area contributed by atoms with Crippen LogP contribution in [-0.2, 0) is 11.3 Å². The Morgan fingerprint density at radius 1 is 0.955 bits per heavy atom. The van der Waals surface area contributed by atoms with Crippen LogP contribution in [0.1, 0.15) is 37.7 Å². The van der Waals surface area contributed by atoms with E-state index in [0.29, 0.717) is 19.8 Å². The lowest BCUT2D eigenvalue weighted by Gasteiger charge is -2.26. The summed E-state index contributed by atoms with van der Waals surface area (Å²) in [6.45, 7) is 6.57. The first-order valence-electron chi connectivity index (χ1n) is 8.60. The summed E-state index contributed by atoms with van der Waals surface area (Å²) >= 11 is 0. The summed E-state index contributed by atoms with van der Waals surface area (Å²) in [5.74, 6) is 1.69. The lowest BCUT2D eigenvalue weighted by Crippen LogP contribution is -2.30. The Hall–Kier alpha value is -1.26. The predicted molar refractivity (Wildman–Crippen MR) is 86.6 cm³/mol. The Labute approximate surface area is 133 Å². The summed E-state index contributed by atoms with van der Waals surface area (Å²) in [4.78, 5) is 2.59. The number of likely N-dealkylation sites (tertiary alicyclic amines) is 1. The van der Waals surface area contributed by atoms with Crippen LogP contribution in [0.15, 0.2) is 18.2 Å². The van der Waals surface area contributed by atoms with Gasteiger partial charge >= 0.3 is 0 Å². The zero-order chi connectivity index (χ0) is 15.0. The van der Waals surface area contributed by atoms with Gasteiger partial charge in [-0.25, -0.2) is 0 Å². The van der Waals surface area contributed by atoms with Crippen LogP contribution in [0.4, 0.5) is 0 Å². The van der Waals surface area contributed by atoms with Crippen molar-refractivity contribution in [1.29, 1.82) is 0 Å². The predicted octanol–water partition coefficient (Wildman–Crippen LogP) is 3.24. The molecule has 2 aliphatic rings. The Morgan fingerprint density at radius 3 is 2.64 bits per heavy atom. The smallest absolute Gasteiger partial charge is 0.161 e. The van der Waals surface area contributed by atoms with Crippen LogP contribution < -0.4 is 9.47 Å². The summed E-state index contributed by atoms with van der Waals surface area (Å²) in [7, 11) is 0. The normalized spacial score (nSPS) is 18.4. The van der Waals surface area contributed by atoms with E-state index in [1.807, 2.05) is 12.1 Å². The van der Waals surface area contributed by atoms with Gasteiger partial charge in [-0.3, -0.25) is 0 Å². The van der Waals surface area contributed by atoms with Crippen molar-refractivity contribution >= 4 is 0 Å². The molecule has 3 rings (SSSR count). The van der Waals surface area contributed by atoms with Gasteiger partial charge in [0.1, 0.15) is 13.2 Å². The molecule has 0 saturated carbocycles. The van der Waals surface area contributed by atoms with E-state index < -0.39 is 0 Å². The molecule has 0 bridgehead atoms. The minimum atomic E-state index is 0.633. The molecule has 122 valence electrons. The molecule has 1 fully saturated rings. The molecule has 0 amide bonds. The van der Waals surface area contributed by atoms with E-state index >= 15 is 0 Å². The zero-order valence-electron chi connectivity index (χ0n) is 13.4. The van der Waals surface area contributed by atoms with E-state index in [-0.39, 0.29) is 0 Å². The average molecular weight is 305 g/mol. The number of hydrogen-bond acceptors (Lipinski definition) is 4. The van der Waals surface area contributed by atoms with Gasteiger partial charge in [0.2, 0.25) is 0 Å². The second kappa shape index (κ2) is 8.39. The molecule has 4 nitrogen and oxygen atoms in total. The van der Waals surface area contributed by atoms with Crippen LogP contribution in [0.3, 0.4) is 0 Å². The monoisotopic (exact) mass is 305 g/mol. The van der Waals surface area contributed by atoms with Crippen molar-refractivity contribution in [3.63, 3.8) is 0 Å². The maximum absolute atomic E-state index is 5.79. The third-order valence-corrected chi connectivity index (χ3v) is 4.34. The summed E-state index contributed by atoms with van der Waals surface area (Å²) in [5, 5.41) is 0. The SMILES string of the molecule is c1cc2c(cc1COCCCCN1CCCCC1)OCCO2. The van der Waals surface area contributed by atoms with Gasteiger partial charge < -0.3 is 19.1 Å². The third-order valence-electron chi connectivity index (χ3n) is 4.34. The van der Waals surface area contributed by atoms with Gasteiger partial charge in [0.15, 0.2) is 11.5 Å². The van der Waals surface area contributed by atoms with Crippen LogP contribution in [0.25, 0.3) is 0 Å². The number of rotatable bonds is 7. The van der Waals surface area contributed by atoms with Gasteiger partial charge in [-0.05, 0) is 63.0 Å². The van der Waals surface area contributed by atoms with Gasteiger partial charge in [-0.1, -0.05) is 12.5 Å². The fourth-order valence-corrected chi connectivity index (χ4v) is 3.09. The van der Waals surface area contributed by atoms with Crippen molar-refractivity contribution in [3.8, 4) is 11.5 Å². The standard InChI is InChI=1S/C18H27NO3/c1-2-8-19(9-3-1)10-4-5-11-20-15-16-6-7-17-18(14-16)22-13-12-21-17/h6-7,14H,1-5,8-13,15H2. The second-order valence-corrected chi connectivity index (χ2v) is 6.14. The van der Waals surface area contributed by atoms with E-state index in [9.17, 15) is 0 Å². The number of fused-ring (bicyclic) bond motifs is 1. The first kappa shape index (κ1) is 15.6. The first-order valence-corrected chi connectivity index (χ1v) is 8.60. The van der Waals surface area contributed by atoms with Gasteiger partial charge in [-0.2, -0.15) is 0 Å². The fraction of sp³-hybridized carbons (Fsp3) is 0.667. The molecule has 1 aromatic rings. The summed E-state index contributed by atoms with van der Waals surface area (Å²) in [6.07, 6.45) is 6.54. The van der Waals surface area contributed by atoms with Crippen molar-refractivity contribution in [2.75, 3.05) is 39.5 Å².